The van der Waals surface area contributed by atoms with Gasteiger partial charge < -0.3 is 19.6 Å². The SMILES string of the molecule is Cc1cc(Nc2cc3oc(-c4ccc(F)cc4)c(C(=O)O)c3cc2OC(C)C)n(C)n1. The van der Waals surface area contributed by atoms with Crippen LogP contribution in [0.4, 0.5) is 15.9 Å². The van der Waals surface area contributed by atoms with Gasteiger partial charge in [-0.1, -0.05) is 0 Å². The molecule has 0 aliphatic carbocycles. The van der Waals surface area contributed by atoms with E-state index in [4.69, 9.17) is 9.15 Å². The quantitative estimate of drug-likeness (QED) is 0.425. The molecule has 0 bridgehead atoms. The van der Waals surface area contributed by atoms with E-state index in [9.17, 15) is 14.3 Å². The molecule has 4 aromatic rings. The third kappa shape index (κ3) is 3.96. The molecule has 2 heterocycles. The molecule has 0 aliphatic rings. The zero-order chi connectivity index (χ0) is 22.3. The lowest BCUT2D eigenvalue weighted by molar-refractivity contribution is 0.0699. The first-order chi connectivity index (χ1) is 14.7. The highest BCUT2D eigenvalue weighted by Crippen LogP contribution is 2.40. The van der Waals surface area contributed by atoms with Crippen molar-refractivity contribution in [2.45, 2.75) is 26.9 Å². The van der Waals surface area contributed by atoms with E-state index >= 15 is 0 Å². The van der Waals surface area contributed by atoms with Gasteiger partial charge in [-0.25, -0.2) is 9.18 Å². The van der Waals surface area contributed by atoms with Crippen LogP contribution >= 0.6 is 0 Å². The normalized spacial score (nSPS) is 11.3. The molecule has 0 radical (unpaired) electrons. The molecule has 7 nitrogen and oxygen atoms in total. The monoisotopic (exact) mass is 423 g/mol. The minimum absolute atomic E-state index is 0.00172. The Hall–Kier alpha value is -3.81. The van der Waals surface area contributed by atoms with Crippen molar-refractivity contribution in [2.75, 3.05) is 5.32 Å². The first-order valence-corrected chi connectivity index (χ1v) is 9.77. The van der Waals surface area contributed by atoms with Crippen molar-refractivity contribution in [3.05, 3.63) is 59.5 Å². The fraction of sp³-hybridized carbons (Fsp3) is 0.217. The van der Waals surface area contributed by atoms with Gasteiger partial charge in [0.2, 0.25) is 0 Å². The third-order valence-corrected chi connectivity index (χ3v) is 4.74. The van der Waals surface area contributed by atoms with E-state index in [1.54, 1.807) is 16.8 Å². The predicted molar refractivity (Wildman–Crippen MR) is 116 cm³/mol. The van der Waals surface area contributed by atoms with Gasteiger partial charge in [0.1, 0.15) is 34.3 Å². The molecule has 2 aromatic heterocycles. The first-order valence-electron chi connectivity index (χ1n) is 9.77. The number of carboxylic acids is 1. The molecule has 2 aromatic carbocycles. The van der Waals surface area contributed by atoms with Crippen LogP contribution in [0.3, 0.4) is 0 Å². The molecule has 0 fully saturated rings. The maximum Gasteiger partial charge on any atom is 0.340 e. The zero-order valence-corrected chi connectivity index (χ0v) is 17.6. The zero-order valence-electron chi connectivity index (χ0n) is 17.6. The van der Waals surface area contributed by atoms with E-state index in [1.165, 1.54) is 24.3 Å². The number of ether oxygens (including phenoxy) is 1. The van der Waals surface area contributed by atoms with Gasteiger partial charge in [-0.2, -0.15) is 5.10 Å². The number of anilines is 2. The smallest absolute Gasteiger partial charge is 0.340 e. The Morgan fingerprint density at radius 3 is 2.52 bits per heavy atom. The largest absolute Gasteiger partial charge is 0.489 e. The average molecular weight is 423 g/mol. The van der Waals surface area contributed by atoms with E-state index in [1.807, 2.05) is 33.9 Å². The number of rotatable bonds is 6. The minimum atomic E-state index is -1.14. The standard InChI is InChI=1S/C23H22FN3O4/c1-12(2)30-19-10-16-18(11-17(19)25-20-9-13(3)26-27(20)4)31-22(21(16)23(28)29)14-5-7-15(24)8-6-14/h5-12,25H,1-4H3,(H,28,29). The van der Waals surface area contributed by atoms with Crippen LogP contribution in [0.1, 0.15) is 29.9 Å². The van der Waals surface area contributed by atoms with Crippen LogP contribution in [0.5, 0.6) is 5.75 Å². The molecule has 0 saturated carbocycles. The number of aryl methyl sites for hydroxylation is 2. The number of nitrogens with one attached hydrogen (secondary N) is 1. The Morgan fingerprint density at radius 2 is 1.94 bits per heavy atom. The van der Waals surface area contributed by atoms with Crippen molar-refractivity contribution in [3.8, 4) is 17.1 Å². The number of aromatic carboxylic acids is 1. The first kappa shape index (κ1) is 20.5. The highest BCUT2D eigenvalue weighted by molar-refractivity contribution is 6.09. The highest BCUT2D eigenvalue weighted by Gasteiger charge is 2.24. The van der Waals surface area contributed by atoms with Gasteiger partial charge >= 0.3 is 5.97 Å². The Labute approximate surface area is 178 Å². The Morgan fingerprint density at radius 1 is 1.23 bits per heavy atom. The number of hydrogen-bond acceptors (Lipinski definition) is 5. The summed E-state index contributed by atoms with van der Waals surface area (Å²) in [6.07, 6.45) is -0.136. The molecular formula is C23H22FN3O4. The van der Waals surface area contributed by atoms with Gasteiger partial charge in [0.25, 0.3) is 0 Å². The van der Waals surface area contributed by atoms with Crippen molar-refractivity contribution < 1.29 is 23.4 Å². The van der Waals surface area contributed by atoms with E-state index in [2.05, 4.69) is 10.4 Å². The van der Waals surface area contributed by atoms with E-state index in [0.29, 0.717) is 28.0 Å². The van der Waals surface area contributed by atoms with Gasteiger partial charge in [0.05, 0.1) is 17.5 Å². The fourth-order valence-corrected chi connectivity index (χ4v) is 3.45. The Kier molecular flexibility index (Phi) is 5.14. The second kappa shape index (κ2) is 7.79. The van der Waals surface area contributed by atoms with Crippen LogP contribution in [-0.4, -0.2) is 27.0 Å². The number of halogens is 1. The van der Waals surface area contributed by atoms with Crippen LogP contribution in [-0.2, 0) is 7.05 Å². The van der Waals surface area contributed by atoms with Crippen molar-refractivity contribution in [2.24, 2.45) is 7.05 Å². The number of hydrogen-bond donors (Lipinski definition) is 2. The Bertz CT molecular complexity index is 1270. The van der Waals surface area contributed by atoms with Gasteiger partial charge in [0.15, 0.2) is 0 Å². The highest BCUT2D eigenvalue weighted by atomic mass is 19.1. The van der Waals surface area contributed by atoms with Crippen LogP contribution in [0.25, 0.3) is 22.3 Å². The number of furan rings is 1. The summed E-state index contributed by atoms with van der Waals surface area (Å²) in [6, 6.07) is 10.7. The minimum Gasteiger partial charge on any atom is -0.489 e. The summed E-state index contributed by atoms with van der Waals surface area (Å²) in [6.45, 7) is 5.67. The summed E-state index contributed by atoms with van der Waals surface area (Å²) in [7, 11) is 1.82. The molecule has 0 atom stereocenters. The molecule has 160 valence electrons. The lowest BCUT2D eigenvalue weighted by Gasteiger charge is -2.16. The molecule has 2 N–H and O–H groups in total. The summed E-state index contributed by atoms with van der Waals surface area (Å²) < 4.78 is 27.0. The van der Waals surface area contributed by atoms with Gasteiger partial charge in [-0.15, -0.1) is 0 Å². The van der Waals surface area contributed by atoms with Crippen molar-refractivity contribution >= 4 is 28.4 Å². The number of benzene rings is 2. The van der Waals surface area contributed by atoms with Crippen LogP contribution < -0.4 is 10.1 Å². The van der Waals surface area contributed by atoms with Crippen molar-refractivity contribution in [3.63, 3.8) is 0 Å². The van der Waals surface area contributed by atoms with Crippen LogP contribution in [0, 0.1) is 12.7 Å². The maximum absolute atomic E-state index is 13.4. The number of nitrogens with zero attached hydrogens (tertiary/aromatic N) is 2. The summed E-state index contributed by atoms with van der Waals surface area (Å²) in [5, 5.41) is 17.9. The number of aromatic nitrogens is 2. The molecule has 0 amide bonds. The van der Waals surface area contributed by atoms with Gasteiger partial charge in [-0.3, -0.25) is 4.68 Å². The van der Waals surface area contributed by atoms with Gasteiger partial charge in [0, 0.05) is 30.1 Å². The van der Waals surface area contributed by atoms with Crippen LogP contribution in [0.15, 0.2) is 46.9 Å². The van der Waals surface area contributed by atoms with E-state index in [0.717, 1.165) is 11.5 Å². The number of carboxylic acid groups (broad SMARTS) is 1. The van der Waals surface area contributed by atoms with Crippen molar-refractivity contribution in [1.29, 1.82) is 0 Å². The third-order valence-electron chi connectivity index (χ3n) is 4.74. The number of carbonyl (C=O) groups is 1. The molecule has 31 heavy (non-hydrogen) atoms. The van der Waals surface area contributed by atoms with Crippen molar-refractivity contribution in [1.82, 2.24) is 9.78 Å². The number of fused-ring (bicyclic) bond motifs is 1. The molecule has 0 spiro atoms. The molecule has 0 unspecified atom stereocenters. The maximum atomic E-state index is 13.4. The molecule has 0 aliphatic heterocycles. The molecule has 8 heteroatoms. The second-order valence-corrected chi connectivity index (χ2v) is 7.55. The summed E-state index contributed by atoms with van der Waals surface area (Å²) in [4.78, 5) is 12.1. The average Bonchev–Trinajstić information content (AvgIpc) is 3.21. The lowest BCUT2D eigenvalue weighted by Crippen LogP contribution is -2.08. The summed E-state index contributed by atoms with van der Waals surface area (Å²) in [5.74, 6) is -0.171. The summed E-state index contributed by atoms with van der Waals surface area (Å²) in [5.41, 5.74) is 2.30. The lowest BCUT2D eigenvalue weighted by atomic mass is 10.0. The molecule has 0 saturated heterocycles. The fourth-order valence-electron chi connectivity index (χ4n) is 3.45. The molecule has 4 rings (SSSR count). The van der Waals surface area contributed by atoms with E-state index < -0.39 is 11.8 Å². The Balaban J connectivity index is 1.91. The second-order valence-electron chi connectivity index (χ2n) is 7.55. The van der Waals surface area contributed by atoms with Gasteiger partial charge in [-0.05, 0) is 51.1 Å². The summed E-state index contributed by atoms with van der Waals surface area (Å²) >= 11 is 0. The topological polar surface area (TPSA) is 89.5 Å². The predicted octanol–water partition coefficient (Wildman–Crippen LogP) is 5.51. The van der Waals surface area contributed by atoms with E-state index in [-0.39, 0.29) is 17.4 Å². The molecular weight excluding hydrogens is 401 g/mol. The van der Waals surface area contributed by atoms with Crippen LogP contribution in [0.2, 0.25) is 0 Å².